The van der Waals surface area contributed by atoms with Gasteiger partial charge in [-0.05, 0) is 108 Å². The minimum Gasteiger partial charge on any atom is -0.462 e. The van der Waals surface area contributed by atoms with E-state index in [4.69, 9.17) is 14.2 Å². The van der Waals surface area contributed by atoms with Crippen LogP contribution in [0.15, 0.2) is 11.6 Å². The minimum absolute atomic E-state index is 0.0157. The van der Waals surface area contributed by atoms with Crippen LogP contribution < -0.4 is 0 Å². The van der Waals surface area contributed by atoms with Gasteiger partial charge >= 0.3 is 11.9 Å². The van der Waals surface area contributed by atoms with Gasteiger partial charge in [-0.25, -0.2) is 0 Å². The minimum atomic E-state index is -0.0781. The third kappa shape index (κ3) is 33.6. The number of aldehydes is 1. The van der Waals surface area contributed by atoms with Gasteiger partial charge in [-0.2, -0.15) is 0 Å². The lowest BCUT2D eigenvalue weighted by atomic mass is 9.96. The number of carbonyl (C=O) groups excluding carboxylic acids is 3. The zero-order valence-electron chi connectivity index (χ0n) is 37.1. The average molecular weight is 764 g/mol. The molecule has 318 valence electrons. The second-order valence-electron chi connectivity index (χ2n) is 17.6. The van der Waals surface area contributed by atoms with Crippen molar-refractivity contribution < 1.29 is 28.6 Å². The second-order valence-corrected chi connectivity index (χ2v) is 17.6. The normalized spacial score (nSPS) is 13.9. The molecule has 7 nitrogen and oxygen atoms in total. The van der Waals surface area contributed by atoms with E-state index in [0.29, 0.717) is 43.8 Å². The number of rotatable bonds is 38. The van der Waals surface area contributed by atoms with Crippen LogP contribution in [0.4, 0.5) is 0 Å². The van der Waals surface area contributed by atoms with Crippen LogP contribution in [-0.2, 0) is 28.6 Å². The summed E-state index contributed by atoms with van der Waals surface area (Å²) in [6, 6.07) is 0. The van der Waals surface area contributed by atoms with E-state index in [-0.39, 0.29) is 24.0 Å². The average Bonchev–Trinajstić information content (AvgIpc) is 3.11. The molecule has 0 saturated carbocycles. The molecule has 0 bridgehead atoms. The summed E-state index contributed by atoms with van der Waals surface area (Å²) in [5, 5.41) is 0. The van der Waals surface area contributed by atoms with E-state index < -0.39 is 0 Å². The first-order valence-corrected chi connectivity index (χ1v) is 22.6. The fourth-order valence-corrected chi connectivity index (χ4v) is 6.69. The maximum atomic E-state index is 12.6. The summed E-state index contributed by atoms with van der Waals surface area (Å²) >= 11 is 0. The topological polar surface area (TPSA) is 82.1 Å². The van der Waals surface area contributed by atoms with Crippen molar-refractivity contribution in [3.05, 3.63) is 11.6 Å². The third-order valence-corrected chi connectivity index (χ3v) is 10.6. The van der Waals surface area contributed by atoms with Crippen LogP contribution in [0.2, 0.25) is 0 Å². The Morgan fingerprint density at radius 2 is 1.19 bits per heavy atom. The highest BCUT2D eigenvalue weighted by Crippen LogP contribution is 2.20. The molecule has 0 heterocycles. The van der Waals surface area contributed by atoms with Gasteiger partial charge in [0.05, 0.1) is 6.61 Å². The number of unbranched alkanes of at least 4 members (excludes halogenated alkanes) is 11. The molecule has 0 aromatic carbocycles. The molecule has 0 rings (SSSR count). The molecule has 54 heavy (non-hydrogen) atoms. The van der Waals surface area contributed by atoms with Crippen LogP contribution in [-0.4, -0.2) is 69.7 Å². The first-order valence-electron chi connectivity index (χ1n) is 22.6. The van der Waals surface area contributed by atoms with Gasteiger partial charge in [0.2, 0.25) is 0 Å². The molecule has 0 aliphatic rings. The van der Waals surface area contributed by atoms with Crippen molar-refractivity contribution in [3.63, 3.8) is 0 Å². The van der Waals surface area contributed by atoms with Gasteiger partial charge in [0, 0.05) is 25.4 Å². The maximum absolute atomic E-state index is 12.6. The van der Waals surface area contributed by atoms with Gasteiger partial charge in [0.1, 0.15) is 19.0 Å². The monoisotopic (exact) mass is 764 g/mol. The molecule has 3 unspecified atom stereocenters. The molecule has 0 saturated heterocycles. The van der Waals surface area contributed by atoms with E-state index in [1.807, 2.05) is 14.1 Å². The second kappa shape index (κ2) is 35.7. The fourth-order valence-electron chi connectivity index (χ4n) is 6.69. The van der Waals surface area contributed by atoms with Crippen molar-refractivity contribution in [2.75, 3.05) is 40.5 Å². The first-order chi connectivity index (χ1) is 25.9. The van der Waals surface area contributed by atoms with Crippen molar-refractivity contribution in [2.24, 2.45) is 29.6 Å². The van der Waals surface area contributed by atoms with E-state index in [0.717, 1.165) is 122 Å². The number of allylic oxidation sites excluding steroid dienone is 1. The summed E-state index contributed by atoms with van der Waals surface area (Å²) in [6.45, 7) is 18.2. The lowest BCUT2D eigenvalue weighted by molar-refractivity contribution is -0.150. The number of hydrogen-bond donors (Lipinski definition) is 0. The first kappa shape index (κ1) is 52.3. The Kier molecular flexibility index (Phi) is 34.5. The number of hydrogen-bond acceptors (Lipinski definition) is 7. The molecule has 0 aromatic rings. The molecule has 0 radical (unpaired) electrons. The highest BCUT2D eigenvalue weighted by atomic mass is 16.5. The van der Waals surface area contributed by atoms with E-state index in [9.17, 15) is 14.4 Å². The molecular weight excluding hydrogens is 675 g/mol. The Hall–Kier alpha value is -1.73. The lowest BCUT2D eigenvalue weighted by Crippen LogP contribution is -2.20. The van der Waals surface area contributed by atoms with Crippen LogP contribution in [0.3, 0.4) is 0 Å². The fraction of sp³-hybridized carbons (Fsp3) is 0.894. The highest BCUT2D eigenvalue weighted by molar-refractivity contribution is 5.69. The third-order valence-electron chi connectivity index (χ3n) is 10.6. The van der Waals surface area contributed by atoms with Gasteiger partial charge < -0.3 is 23.9 Å². The molecule has 0 aliphatic carbocycles. The van der Waals surface area contributed by atoms with Crippen molar-refractivity contribution in [3.8, 4) is 0 Å². The highest BCUT2D eigenvalue weighted by Gasteiger charge is 2.15. The zero-order chi connectivity index (χ0) is 40.4. The van der Waals surface area contributed by atoms with E-state index in [1.165, 1.54) is 44.1 Å². The SMILES string of the molecule is CCC(CCC(C)C)COCC(C=O)CCCCCCCCC(CCCCCCCCCC(=O)OC/C(=C/CC(C)C)C(C)C)OC(=O)CCCN(C)C. The predicted octanol–water partition coefficient (Wildman–Crippen LogP) is 12.3. The molecule has 0 N–H and O–H groups in total. The number of carbonyl (C=O) groups is 3. The van der Waals surface area contributed by atoms with E-state index in [2.05, 4.69) is 59.4 Å². The summed E-state index contributed by atoms with van der Waals surface area (Å²) in [5.74, 6) is 2.22. The van der Waals surface area contributed by atoms with Crippen molar-refractivity contribution in [1.82, 2.24) is 4.90 Å². The van der Waals surface area contributed by atoms with Gasteiger partial charge in [0.15, 0.2) is 0 Å². The molecular formula is C47H89NO6. The predicted molar refractivity (Wildman–Crippen MR) is 228 cm³/mol. The molecule has 7 heteroatoms. The van der Waals surface area contributed by atoms with Crippen LogP contribution >= 0.6 is 0 Å². The van der Waals surface area contributed by atoms with E-state index in [1.54, 1.807) is 0 Å². The summed E-state index contributed by atoms with van der Waals surface area (Å²) in [7, 11) is 4.07. The lowest BCUT2D eigenvalue weighted by Gasteiger charge is -2.19. The number of ether oxygens (including phenoxy) is 3. The summed E-state index contributed by atoms with van der Waals surface area (Å²) in [5.41, 5.74) is 1.22. The molecule has 0 fully saturated rings. The molecule has 3 atom stereocenters. The van der Waals surface area contributed by atoms with Gasteiger partial charge in [-0.1, -0.05) is 132 Å². The maximum Gasteiger partial charge on any atom is 0.306 e. The molecule has 0 spiro atoms. The van der Waals surface area contributed by atoms with Crippen molar-refractivity contribution in [1.29, 1.82) is 0 Å². The molecule has 0 amide bonds. The molecule has 0 aromatic heterocycles. The van der Waals surface area contributed by atoms with Gasteiger partial charge in [-0.3, -0.25) is 9.59 Å². The van der Waals surface area contributed by atoms with Crippen LogP contribution in [0.25, 0.3) is 0 Å². The largest absolute Gasteiger partial charge is 0.462 e. The number of esters is 2. The van der Waals surface area contributed by atoms with Gasteiger partial charge in [-0.15, -0.1) is 0 Å². The standard InChI is InChI=1S/C47H89NO6/c1-10-42(32-30-39(2)3)36-52-37-43(35-49)25-20-16-14-15-18-22-27-45(54-47(51)29-24-34-48(8)9)26-21-17-12-11-13-19-23-28-46(50)53-38-44(41(6)7)33-31-40(4)5/h33,35,39-43,45H,10-32,34,36-38H2,1-9H3/b44-33-. The Morgan fingerprint density at radius 1 is 0.630 bits per heavy atom. The van der Waals surface area contributed by atoms with Crippen molar-refractivity contribution >= 4 is 18.2 Å². The molecule has 0 aliphatic heterocycles. The zero-order valence-corrected chi connectivity index (χ0v) is 37.1. The van der Waals surface area contributed by atoms with E-state index >= 15 is 0 Å². The van der Waals surface area contributed by atoms with Crippen LogP contribution in [0, 0.1) is 29.6 Å². The summed E-state index contributed by atoms with van der Waals surface area (Å²) in [4.78, 5) is 38.6. The van der Waals surface area contributed by atoms with Crippen LogP contribution in [0.1, 0.15) is 196 Å². The summed E-state index contributed by atoms with van der Waals surface area (Å²) < 4.78 is 17.5. The Bertz CT molecular complexity index is 929. The Morgan fingerprint density at radius 3 is 1.70 bits per heavy atom. The summed E-state index contributed by atoms with van der Waals surface area (Å²) in [6.07, 6.45) is 27.1. The Balaban J connectivity index is 4.30. The van der Waals surface area contributed by atoms with Gasteiger partial charge in [0.25, 0.3) is 0 Å². The number of nitrogens with zero attached hydrogens (tertiary/aromatic N) is 1. The quantitative estimate of drug-likeness (QED) is 0.0268. The van der Waals surface area contributed by atoms with Crippen molar-refractivity contribution in [2.45, 2.75) is 202 Å². The van der Waals surface area contributed by atoms with Crippen LogP contribution in [0.5, 0.6) is 0 Å². The smallest absolute Gasteiger partial charge is 0.306 e. The Labute approximate surface area is 334 Å².